The van der Waals surface area contributed by atoms with Crippen LogP contribution in [0.1, 0.15) is 44.8 Å². The summed E-state index contributed by atoms with van der Waals surface area (Å²) in [7, 11) is 0. The minimum atomic E-state index is -0.421. The van der Waals surface area contributed by atoms with Gasteiger partial charge in [-0.15, -0.1) is 0 Å². The Hall–Kier alpha value is -0.600. The summed E-state index contributed by atoms with van der Waals surface area (Å²) in [4.78, 5) is 3.90. The van der Waals surface area contributed by atoms with Crippen molar-refractivity contribution in [3.8, 4) is 0 Å². The number of rotatable bonds is 5. The topological polar surface area (TPSA) is 33.1 Å². The summed E-state index contributed by atoms with van der Waals surface area (Å²) in [5.74, 6) is 0.576. The third-order valence-corrected chi connectivity index (χ3v) is 3.05. The lowest BCUT2D eigenvalue weighted by atomic mass is 9.93. The second-order valence-electron chi connectivity index (χ2n) is 3.85. The Labute approximate surface area is 96.3 Å². The molecule has 1 atom stereocenters. The summed E-state index contributed by atoms with van der Waals surface area (Å²) >= 11 is 5.77. The summed E-state index contributed by atoms with van der Waals surface area (Å²) in [6, 6.07) is 3.55. The van der Waals surface area contributed by atoms with Gasteiger partial charge in [0.25, 0.3) is 0 Å². The number of nitrogens with zero attached hydrogens (tertiary/aromatic N) is 1. The van der Waals surface area contributed by atoms with Crippen molar-refractivity contribution in [1.29, 1.82) is 0 Å². The van der Waals surface area contributed by atoms with E-state index >= 15 is 0 Å². The van der Waals surface area contributed by atoms with E-state index in [4.69, 9.17) is 11.6 Å². The fourth-order valence-corrected chi connectivity index (χ4v) is 1.88. The highest BCUT2D eigenvalue weighted by molar-refractivity contribution is 6.29. The molecule has 0 amide bonds. The van der Waals surface area contributed by atoms with Gasteiger partial charge in [-0.1, -0.05) is 38.3 Å². The zero-order valence-corrected chi connectivity index (χ0v) is 10.0. The molecule has 1 aromatic heterocycles. The first-order valence-corrected chi connectivity index (χ1v) is 5.84. The molecule has 0 radical (unpaired) electrons. The van der Waals surface area contributed by atoms with Crippen LogP contribution in [-0.2, 0) is 0 Å². The number of hydrogen-bond acceptors (Lipinski definition) is 2. The molecule has 1 aromatic rings. The van der Waals surface area contributed by atoms with Crippen LogP contribution in [0.15, 0.2) is 18.3 Å². The van der Waals surface area contributed by atoms with E-state index in [1.165, 1.54) is 0 Å². The molecule has 0 saturated carbocycles. The maximum Gasteiger partial charge on any atom is 0.129 e. The van der Waals surface area contributed by atoms with Crippen molar-refractivity contribution in [2.75, 3.05) is 0 Å². The summed E-state index contributed by atoms with van der Waals surface area (Å²) in [5, 5.41) is 10.4. The average Bonchev–Trinajstić information content (AvgIpc) is 2.25. The third-order valence-electron chi connectivity index (χ3n) is 2.85. The molecule has 0 spiro atoms. The molecular formula is C12H18ClNO. The van der Waals surface area contributed by atoms with Crippen LogP contribution >= 0.6 is 11.6 Å². The van der Waals surface area contributed by atoms with Gasteiger partial charge in [-0.2, -0.15) is 0 Å². The molecule has 1 N–H and O–H groups in total. The van der Waals surface area contributed by atoms with Gasteiger partial charge in [-0.25, -0.2) is 4.98 Å². The third kappa shape index (κ3) is 3.80. The molecule has 84 valence electrons. The van der Waals surface area contributed by atoms with Gasteiger partial charge in [0.15, 0.2) is 0 Å². The van der Waals surface area contributed by atoms with E-state index in [1.807, 2.05) is 6.07 Å². The Morgan fingerprint density at radius 2 is 2.07 bits per heavy atom. The minimum absolute atomic E-state index is 0.421. The van der Waals surface area contributed by atoms with Crippen molar-refractivity contribution in [1.82, 2.24) is 4.98 Å². The highest BCUT2D eigenvalue weighted by atomic mass is 35.5. The quantitative estimate of drug-likeness (QED) is 0.780. The van der Waals surface area contributed by atoms with Crippen molar-refractivity contribution in [3.05, 3.63) is 29.0 Å². The van der Waals surface area contributed by atoms with Crippen LogP contribution in [-0.4, -0.2) is 10.1 Å². The van der Waals surface area contributed by atoms with Crippen molar-refractivity contribution in [2.45, 2.75) is 39.2 Å². The first kappa shape index (κ1) is 12.5. The standard InChI is InChI=1S/C12H18ClNO/c1-3-9(4-2)7-11(15)10-5-6-14-12(13)8-10/h5-6,8-9,11,15H,3-4,7H2,1-2H3. The molecular weight excluding hydrogens is 210 g/mol. The van der Waals surface area contributed by atoms with Gasteiger partial charge in [0.05, 0.1) is 6.10 Å². The molecule has 0 saturated heterocycles. The highest BCUT2D eigenvalue weighted by Crippen LogP contribution is 2.25. The molecule has 0 aromatic carbocycles. The zero-order valence-electron chi connectivity index (χ0n) is 9.28. The first-order chi connectivity index (χ1) is 7.17. The second-order valence-corrected chi connectivity index (χ2v) is 4.23. The van der Waals surface area contributed by atoms with Gasteiger partial charge in [0, 0.05) is 6.20 Å². The smallest absolute Gasteiger partial charge is 0.129 e. The minimum Gasteiger partial charge on any atom is -0.388 e. The Kier molecular flexibility index (Phi) is 5.06. The molecule has 1 rings (SSSR count). The summed E-state index contributed by atoms with van der Waals surface area (Å²) in [6.45, 7) is 4.31. The van der Waals surface area contributed by atoms with E-state index in [1.54, 1.807) is 12.3 Å². The van der Waals surface area contributed by atoms with Crippen LogP contribution in [0.25, 0.3) is 0 Å². The van der Waals surface area contributed by atoms with Gasteiger partial charge >= 0.3 is 0 Å². The van der Waals surface area contributed by atoms with Crippen molar-refractivity contribution in [3.63, 3.8) is 0 Å². The maximum absolute atomic E-state index is 9.99. The fourth-order valence-electron chi connectivity index (χ4n) is 1.70. The van der Waals surface area contributed by atoms with Gasteiger partial charge in [-0.3, -0.25) is 0 Å². The normalized spacial score (nSPS) is 13.1. The van der Waals surface area contributed by atoms with Crippen LogP contribution in [0.2, 0.25) is 5.15 Å². The molecule has 0 aliphatic heterocycles. The molecule has 2 nitrogen and oxygen atoms in total. The van der Waals surface area contributed by atoms with Crippen LogP contribution in [0, 0.1) is 5.92 Å². The highest BCUT2D eigenvalue weighted by Gasteiger charge is 2.13. The molecule has 0 aliphatic rings. The van der Waals surface area contributed by atoms with Crippen molar-refractivity contribution in [2.24, 2.45) is 5.92 Å². The molecule has 0 aliphatic carbocycles. The Bertz CT molecular complexity index is 299. The maximum atomic E-state index is 9.99. The average molecular weight is 228 g/mol. The Balaban J connectivity index is 2.64. The summed E-state index contributed by atoms with van der Waals surface area (Å²) in [6.07, 6.45) is 4.22. The molecule has 3 heteroatoms. The van der Waals surface area contributed by atoms with Crippen molar-refractivity contribution < 1.29 is 5.11 Å². The van der Waals surface area contributed by atoms with E-state index < -0.39 is 6.10 Å². The summed E-state index contributed by atoms with van der Waals surface area (Å²) in [5.41, 5.74) is 0.863. The molecule has 0 fully saturated rings. The molecule has 0 bridgehead atoms. The largest absolute Gasteiger partial charge is 0.388 e. The van der Waals surface area contributed by atoms with Gasteiger partial charge in [0.2, 0.25) is 0 Å². The van der Waals surface area contributed by atoms with Crippen molar-refractivity contribution >= 4 is 11.6 Å². The number of halogens is 1. The predicted octanol–water partition coefficient (Wildman–Crippen LogP) is 3.59. The van der Waals surface area contributed by atoms with E-state index in [2.05, 4.69) is 18.8 Å². The Morgan fingerprint density at radius 3 is 2.60 bits per heavy atom. The SMILES string of the molecule is CCC(CC)CC(O)c1ccnc(Cl)c1. The number of hydrogen-bond donors (Lipinski definition) is 1. The molecule has 1 unspecified atom stereocenters. The van der Waals surface area contributed by atoms with Gasteiger partial charge < -0.3 is 5.11 Å². The second kappa shape index (κ2) is 6.09. The Morgan fingerprint density at radius 1 is 1.40 bits per heavy atom. The van der Waals surface area contributed by atoms with E-state index in [0.717, 1.165) is 24.8 Å². The van der Waals surface area contributed by atoms with E-state index in [-0.39, 0.29) is 0 Å². The molecule has 1 heterocycles. The first-order valence-electron chi connectivity index (χ1n) is 5.46. The van der Waals surface area contributed by atoms with E-state index in [9.17, 15) is 5.11 Å². The fraction of sp³-hybridized carbons (Fsp3) is 0.583. The zero-order chi connectivity index (χ0) is 11.3. The predicted molar refractivity (Wildman–Crippen MR) is 62.9 cm³/mol. The van der Waals surface area contributed by atoms with Gasteiger partial charge in [-0.05, 0) is 30.0 Å². The van der Waals surface area contributed by atoms with Gasteiger partial charge in [0.1, 0.15) is 5.15 Å². The van der Waals surface area contributed by atoms with Crippen LogP contribution in [0.4, 0.5) is 0 Å². The lowest BCUT2D eigenvalue weighted by Crippen LogP contribution is -2.06. The lowest BCUT2D eigenvalue weighted by Gasteiger charge is -2.17. The number of aliphatic hydroxyl groups excluding tert-OH is 1. The molecule has 15 heavy (non-hydrogen) atoms. The lowest BCUT2D eigenvalue weighted by molar-refractivity contribution is 0.141. The number of pyridine rings is 1. The van der Waals surface area contributed by atoms with E-state index in [0.29, 0.717) is 11.1 Å². The van der Waals surface area contributed by atoms with Crippen LogP contribution in [0.3, 0.4) is 0 Å². The number of aromatic nitrogens is 1. The van der Waals surface area contributed by atoms with Crippen LogP contribution < -0.4 is 0 Å². The summed E-state index contributed by atoms with van der Waals surface area (Å²) < 4.78 is 0. The number of aliphatic hydroxyl groups is 1. The monoisotopic (exact) mass is 227 g/mol. The van der Waals surface area contributed by atoms with Crippen LogP contribution in [0.5, 0.6) is 0 Å².